The van der Waals surface area contributed by atoms with Crippen molar-refractivity contribution in [3.8, 4) is 0 Å². The summed E-state index contributed by atoms with van der Waals surface area (Å²) in [5.74, 6) is 0.00509. The van der Waals surface area contributed by atoms with E-state index in [4.69, 9.17) is 9.62 Å². The van der Waals surface area contributed by atoms with Crippen molar-refractivity contribution in [1.82, 2.24) is 5.43 Å². The van der Waals surface area contributed by atoms with Crippen LogP contribution in [-0.2, 0) is 0 Å². The number of hydrogen-bond acceptors (Lipinski definition) is 5. The molecule has 2 aromatic rings. The Labute approximate surface area is 108 Å². The minimum absolute atomic E-state index is 0.0441. The van der Waals surface area contributed by atoms with E-state index in [1.807, 2.05) is 0 Å². The topological polar surface area (TPSA) is 102 Å². The van der Waals surface area contributed by atoms with Gasteiger partial charge in [0.1, 0.15) is 5.76 Å². The van der Waals surface area contributed by atoms with Gasteiger partial charge in [-0.2, -0.15) is 10.3 Å². The fourth-order valence-corrected chi connectivity index (χ4v) is 1.38. The lowest BCUT2D eigenvalue weighted by molar-refractivity contribution is -0.991. The van der Waals surface area contributed by atoms with Crippen LogP contribution in [0.3, 0.4) is 0 Å². The van der Waals surface area contributed by atoms with Crippen molar-refractivity contribution in [1.29, 1.82) is 0 Å². The summed E-state index contributed by atoms with van der Waals surface area (Å²) >= 11 is 0. The molecule has 1 atom stereocenters. The number of hydrazone groups is 1. The van der Waals surface area contributed by atoms with E-state index >= 15 is 0 Å². The average Bonchev–Trinajstić information content (AvgIpc) is 2.92. The Bertz CT molecular complexity index is 578. The van der Waals surface area contributed by atoms with Gasteiger partial charge in [0.15, 0.2) is 5.69 Å². The minimum atomic E-state index is -1.09. The van der Waals surface area contributed by atoms with E-state index in [0.29, 0.717) is 5.76 Å². The van der Waals surface area contributed by atoms with Gasteiger partial charge in [-0.3, -0.25) is 4.79 Å². The molecule has 0 spiro atoms. The second kappa shape index (κ2) is 5.91. The second-order valence-corrected chi connectivity index (χ2v) is 3.60. The molecule has 1 unspecified atom stereocenters. The normalized spacial score (nSPS) is 12.5. The van der Waals surface area contributed by atoms with Gasteiger partial charge in [-0.25, -0.2) is 10.6 Å². The molecular formula is C12H11N3O4. The first-order chi connectivity index (χ1) is 9.16. The molecule has 0 aliphatic rings. The molecule has 98 valence electrons. The van der Waals surface area contributed by atoms with Crippen molar-refractivity contribution in [3.63, 3.8) is 0 Å². The maximum Gasteiger partial charge on any atom is 0.271 e. The van der Waals surface area contributed by atoms with Gasteiger partial charge in [0.05, 0.1) is 12.5 Å². The maximum atomic E-state index is 11.7. The molecule has 19 heavy (non-hydrogen) atoms. The molecule has 1 aromatic carbocycles. The van der Waals surface area contributed by atoms with Gasteiger partial charge < -0.3 is 9.62 Å². The van der Waals surface area contributed by atoms with E-state index in [1.165, 1.54) is 36.7 Å². The van der Waals surface area contributed by atoms with Gasteiger partial charge in [-0.05, 0) is 18.2 Å². The summed E-state index contributed by atoms with van der Waals surface area (Å²) in [5, 5.41) is 22.2. The second-order valence-electron chi connectivity index (χ2n) is 3.60. The lowest BCUT2D eigenvalue weighted by Crippen LogP contribution is -2.99. The van der Waals surface area contributed by atoms with Crippen LogP contribution in [0.15, 0.2) is 52.2 Å². The summed E-state index contributed by atoms with van der Waals surface area (Å²) in [6.45, 7) is 0. The fourth-order valence-electron chi connectivity index (χ4n) is 1.38. The first-order valence-corrected chi connectivity index (χ1v) is 5.37. The van der Waals surface area contributed by atoms with Gasteiger partial charge in [0.2, 0.25) is 0 Å². The standard InChI is InChI=1S/C12H11N3O4/c16-12(14-13-8-11-5-2-6-19-11)9-3-1-4-10(7-9)15(17)18/h1-8,15,17H,(H,14,16). The molecular weight excluding hydrogens is 250 g/mol. The zero-order valence-electron chi connectivity index (χ0n) is 9.74. The third-order valence-corrected chi connectivity index (χ3v) is 2.27. The molecule has 1 heterocycles. The van der Waals surface area contributed by atoms with E-state index in [9.17, 15) is 10.0 Å². The molecule has 0 saturated heterocycles. The Morgan fingerprint density at radius 2 is 2.26 bits per heavy atom. The Balaban J connectivity index is 2.02. The summed E-state index contributed by atoms with van der Waals surface area (Å²) in [5.41, 5.74) is 2.54. The van der Waals surface area contributed by atoms with Crippen LogP contribution in [0.1, 0.15) is 16.1 Å². The Morgan fingerprint density at radius 3 is 2.95 bits per heavy atom. The highest BCUT2D eigenvalue weighted by atomic mass is 16.8. The highest BCUT2D eigenvalue weighted by Gasteiger charge is 2.07. The first kappa shape index (κ1) is 13.0. The summed E-state index contributed by atoms with van der Waals surface area (Å²) in [7, 11) is 0. The van der Waals surface area contributed by atoms with Crippen molar-refractivity contribution in [2.24, 2.45) is 5.10 Å². The van der Waals surface area contributed by atoms with Gasteiger partial charge in [-0.15, -0.1) is 0 Å². The minimum Gasteiger partial charge on any atom is -0.595 e. The van der Waals surface area contributed by atoms with Crippen LogP contribution in [-0.4, -0.2) is 17.3 Å². The number of carbonyl (C=O) groups excluding carboxylic acids is 1. The molecule has 2 rings (SSSR count). The first-order valence-electron chi connectivity index (χ1n) is 5.37. The van der Waals surface area contributed by atoms with E-state index in [2.05, 4.69) is 10.5 Å². The molecule has 7 heteroatoms. The van der Waals surface area contributed by atoms with Crippen LogP contribution < -0.4 is 10.7 Å². The molecule has 0 bridgehead atoms. The Morgan fingerprint density at radius 1 is 1.42 bits per heavy atom. The molecule has 0 aliphatic heterocycles. The predicted octanol–water partition coefficient (Wildman–Crippen LogP) is 0.447. The number of benzene rings is 1. The van der Waals surface area contributed by atoms with Crippen molar-refractivity contribution >= 4 is 17.8 Å². The van der Waals surface area contributed by atoms with Crippen molar-refractivity contribution in [3.05, 3.63) is 59.2 Å². The Hall–Kier alpha value is -2.48. The predicted molar refractivity (Wildman–Crippen MR) is 66.0 cm³/mol. The number of rotatable bonds is 4. The van der Waals surface area contributed by atoms with Crippen LogP contribution in [0.2, 0.25) is 0 Å². The molecule has 0 fully saturated rings. The fraction of sp³-hybridized carbons (Fsp3) is 0. The van der Waals surface area contributed by atoms with Crippen LogP contribution in [0.25, 0.3) is 0 Å². The third-order valence-electron chi connectivity index (χ3n) is 2.27. The zero-order valence-corrected chi connectivity index (χ0v) is 9.74. The maximum absolute atomic E-state index is 11.7. The summed E-state index contributed by atoms with van der Waals surface area (Å²) in [4.78, 5) is 11.7. The molecule has 3 N–H and O–H groups in total. The average molecular weight is 261 g/mol. The van der Waals surface area contributed by atoms with E-state index in [1.54, 1.807) is 12.1 Å². The van der Waals surface area contributed by atoms with Crippen molar-refractivity contribution < 1.29 is 19.6 Å². The largest absolute Gasteiger partial charge is 0.595 e. The van der Waals surface area contributed by atoms with Gasteiger partial charge in [-0.1, -0.05) is 6.07 Å². The molecule has 1 amide bonds. The lowest BCUT2D eigenvalue weighted by atomic mass is 10.2. The highest BCUT2D eigenvalue weighted by Crippen LogP contribution is 2.06. The number of nitrogens with one attached hydrogen (secondary N) is 2. The molecule has 0 saturated carbocycles. The number of quaternary nitrogens is 1. The van der Waals surface area contributed by atoms with Crippen LogP contribution in [0.5, 0.6) is 0 Å². The number of amides is 1. The molecule has 0 radical (unpaired) electrons. The number of hydrogen-bond donors (Lipinski definition) is 3. The SMILES string of the molecule is O=C(NN=Cc1ccco1)c1cccc([NH+]([O-])O)c1. The third kappa shape index (κ3) is 3.49. The Kier molecular flexibility index (Phi) is 4.04. The lowest BCUT2D eigenvalue weighted by Gasteiger charge is -2.11. The van der Waals surface area contributed by atoms with Crippen LogP contribution in [0.4, 0.5) is 5.69 Å². The number of furan rings is 1. The summed E-state index contributed by atoms with van der Waals surface area (Å²) in [6.07, 6.45) is 2.83. The summed E-state index contributed by atoms with van der Waals surface area (Å²) in [6, 6.07) is 9.06. The van der Waals surface area contributed by atoms with Crippen LogP contribution in [0, 0.1) is 5.21 Å². The number of carbonyl (C=O) groups is 1. The highest BCUT2D eigenvalue weighted by molar-refractivity contribution is 5.95. The van der Waals surface area contributed by atoms with Crippen LogP contribution >= 0.6 is 0 Å². The molecule has 1 aromatic heterocycles. The zero-order chi connectivity index (χ0) is 13.7. The van der Waals surface area contributed by atoms with Crippen molar-refractivity contribution in [2.45, 2.75) is 0 Å². The van der Waals surface area contributed by atoms with Gasteiger partial charge >= 0.3 is 0 Å². The molecule has 7 nitrogen and oxygen atoms in total. The van der Waals surface area contributed by atoms with E-state index in [0.717, 1.165) is 0 Å². The quantitative estimate of drug-likeness (QED) is 0.549. The summed E-state index contributed by atoms with van der Waals surface area (Å²) < 4.78 is 4.99. The van der Waals surface area contributed by atoms with Gasteiger partial charge in [0.25, 0.3) is 5.91 Å². The monoisotopic (exact) mass is 261 g/mol. The van der Waals surface area contributed by atoms with Crippen molar-refractivity contribution in [2.75, 3.05) is 0 Å². The van der Waals surface area contributed by atoms with E-state index < -0.39 is 11.1 Å². The molecule has 0 aliphatic carbocycles. The van der Waals surface area contributed by atoms with E-state index in [-0.39, 0.29) is 11.3 Å². The number of nitrogens with zero attached hydrogens (tertiary/aromatic N) is 1. The van der Waals surface area contributed by atoms with Gasteiger partial charge in [0, 0.05) is 17.7 Å². The smallest absolute Gasteiger partial charge is 0.271 e.